The molecule has 6 heteroatoms. The van der Waals surface area contributed by atoms with Gasteiger partial charge in [-0.15, -0.1) is 0 Å². The largest absolute Gasteiger partial charge is 0.444 e. The standard InChI is InChI=1S/C26H33FN2O3/c1-26(2,3)32-25(31)28-23(17-19-7-5-4-6-8-19)18-29-15-13-21(14-16-29)24(30)20-9-11-22(27)12-10-20/h4-12,21,23H,13-18H2,1-3H3,(H,28,31). The lowest BCUT2D eigenvalue weighted by Gasteiger charge is -2.34. The lowest BCUT2D eigenvalue weighted by molar-refractivity contribution is 0.0485. The number of Topliss-reactive ketones (excluding diaryl/α,β-unsaturated/α-hetero) is 1. The van der Waals surface area contributed by atoms with Crippen molar-refractivity contribution in [3.63, 3.8) is 0 Å². The third kappa shape index (κ3) is 7.45. The van der Waals surface area contributed by atoms with Crippen LogP contribution in [0, 0.1) is 11.7 Å². The molecule has 5 nitrogen and oxygen atoms in total. The topological polar surface area (TPSA) is 58.6 Å². The first kappa shape index (κ1) is 23.9. The predicted molar refractivity (Wildman–Crippen MR) is 123 cm³/mol. The fourth-order valence-corrected chi connectivity index (χ4v) is 4.07. The fraction of sp³-hybridized carbons (Fsp3) is 0.462. The van der Waals surface area contributed by atoms with Gasteiger partial charge < -0.3 is 15.0 Å². The Morgan fingerprint density at radius 2 is 1.69 bits per heavy atom. The van der Waals surface area contributed by atoms with Crippen molar-refractivity contribution in [1.29, 1.82) is 0 Å². The summed E-state index contributed by atoms with van der Waals surface area (Å²) in [5.74, 6) is -0.307. The van der Waals surface area contributed by atoms with Crippen LogP contribution in [0.4, 0.5) is 9.18 Å². The van der Waals surface area contributed by atoms with Gasteiger partial charge in [-0.3, -0.25) is 4.79 Å². The number of hydrogen-bond acceptors (Lipinski definition) is 4. The van der Waals surface area contributed by atoms with Crippen LogP contribution in [0.5, 0.6) is 0 Å². The summed E-state index contributed by atoms with van der Waals surface area (Å²) < 4.78 is 18.6. The molecular weight excluding hydrogens is 407 g/mol. The second kappa shape index (κ2) is 10.7. The molecule has 0 spiro atoms. The lowest BCUT2D eigenvalue weighted by atomic mass is 9.88. The molecular formula is C26H33FN2O3. The van der Waals surface area contributed by atoms with E-state index in [1.54, 1.807) is 12.1 Å². The van der Waals surface area contributed by atoms with Crippen LogP contribution in [0.3, 0.4) is 0 Å². The predicted octanol–water partition coefficient (Wildman–Crippen LogP) is 4.86. The van der Waals surface area contributed by atoms with Gasteiger partial charge in [0, 0.05) is 24.1 Å². The molecule has 1 atom stereocenters. The zero-order valence-corrected chi connectivity index (χ0v) is 19.1. The van der Waals surface area contributed by atoms with Crippen LogP contribution in [0.1, 0.15) is 49.5 Å². The number of nitrogens with zero attached hydrogens (tertiary/aromatic N) is 1. The number of alkyl carbamates (subject to hydrolysis) is 1. The van der Waals surface area contributed by atoms with Gasteiger partial charge in [-0.25, -0.2) is 9.18 Å². The Bertz CT molecular complexity index is 886. The van der Waals surface area contributed by atoms with E-state index in [2.05, 4.69) is 22.3 Å². The van der Waals surface area contributed by atoms with Crippen LogP contribution in [0.15, 0.2) is 54.6 Å². The van der Waals surface area contributed by atoms with Gasteiger partial charge in [0.05, 0.1) is 0 Å². The van der Waals surface area contributed by atoms with E-state index in [9.17, 15) is 14.0 Å². The number of piperidine rings is 1. The molecule has 2 aromatic rings. The molecule has 2 aromatic carbocycles. The number of nitrogens with one attached hydrogen (secondary N) is 1. The molecule has 1 amide bonds. The van der Waals surface area contributed by atoms with Crippen molar-refractivity contribution >= 4 is 11.9 Å². The second-order valence-corrected chi connectivity index (χ2v) is 9.48. The van der Waals surface area contributed by atoms with Crippen molar-refractivity contribution in [1.82, 2.24) is 10.2 Å². The molecule has 0 aliphatic carbocycles. The van der Waals surface area contributed by atoms with Gasteiger partial charge in [-0.05, 0) is 83.0 Å². The minimum atomic E-state index is -0.555. The molecule has 1 aliphatic rings. The second-order valence-electron chi connectivity index (χ2n) is 9.48. The summed E-state index contributed by atoms with van der Waals surface area (Å²) in [5.41, 5.74) is 1.16. The van der Waals surface area contributed by atoms with E-state index in [1.165, 1.54) is 12.1 Å². The quantitative estimate of drug-likeness (QED) is 0.625. The number of halogens is 1. The maximum absolute atomic E-state index is 13.1. The number of carbonyl (C=O) groups excluding carboxylic acids is 2. The van der Waals surface area contributed by atoms with Crippen LogP contribution < -0.4 is 5.32 Å². The molecule has 0 radical (unpaired) electrons. The van der Waals surface area contributed by atoms with Crippen LogP contribution in [0.2, 0.25) is 0 Å². The van der Waals surface area contributed by atoms with Gasteiger partial charge in [0.2, 0.25) is 0 Å². The number of hydrogen-bond donors (Lipinski definition) is 1. The highest BCUT2D eigenvalue weighted by Gasteiger charge is 2.28. The average molecular weight is 441 g/mol. The summed E-state index contributed by atoms with van der Waals surface area (Å²) in [7, 11) is 0. The minimum absolute atomic E-state index is 0.0527. The maximum atomic E-state index is 13.1. The van der Waals surface area contributed by atoms with E-state index in [0.717, 1.165) is 31.5 Å². The summed E-state index contributed by atoms with van der Waals surface area (Å²) >= 11 is 0. The van der Waals surface area contributed by atoms with E-state index in [4.69, 9.17) is 4.74 Å². The highest BCUT2D eigenvalue weighted by Crippen LogP contribution is 2.22. The van der Waals surface area contributed by atoms with Crippen molar-refractivity contribution in [2.24, 2.45) is 5.92 Å². The zero-order chi connectivity index (χ0) is 23.1. The number of ether oxygens (including phenoxy) is 1. The maximum Gasteiger partial charge on any atom is 0.407 e. The molecule has 1 unspecified atom stereocenters. The zero-order valence-electron chi connectivity index (χ0n) is 19.1. The first-order valence-corrected chi connectivity index (χ1v) is 11.3. The van der Waals surface area contributed by atoms with Gasteiger partial charge >= 0.3 is 6.09 Å². The summed E-state index contributed by atoms with van der Waals surface area (Å²) in [4.78, 5) is 27.4. The SMILES string of the molecule is CC(C)(C)OC(=O)NC(Cc1ccccc1)CN1CCC(C(=O)c2ccc(F)cc2)CC1. The van der Waals surface area contributed by atoms with E-state index in [0.29, 0.717) is 18.5 Å². The Morgan fingerprint density at radius 1 is 1.06 bits per heavy atom. The van der Waals surface area contributed by atoms with Gasteiger partial charge in [0.25, 0.3) is 0 Å². The van der Waals surface area contributed by atoms with Crippen LogP contribution >= 0.6 is 0 Å². The molecule has 1 saturated heterocycles. The number of likely N-dealkylation sites (tertiary alicyclic amines) is 1. The first-order chi connectivity index (χ1) is 15.2. The monoisotopic (exact) mass is 440 g/mol. The van der Waals surface area contributed by atoms with Gasteiger partial charge in [0.1, 0.15) is 11.4 Å². The molecule has 1 N–H and O–H groups in total. The van der Waals surface area contributed by atoms with Crippen molar-refractivity contribution in [2.45, 2.75) is 51.7 Å². The van der Waals surface area contributed by atoms with E-state index in [-0.39, 0.29) is 23.6 Å². The Kier molecular flexibility index (Phi) is 8.02. The van der Waals surface area contributed by atoms with Gasteiger partial charge in [-0.2, -0.15) is 0 Å². The molecule has 0 saturated carbocycles. The number of amides is 1. The van der Waals surface area contributed by atoms with Gasteiger partial charge in [0.15, 0.2) is 5.78 Å². The first-order valence-electron chi connectivity index (χ1n) is 11.3. The summed E-state index contributed by atoms with van der Waals surface area (Å²) in [6.07, 6.45) is 1.79. The Labute approximate surface area is 190 Å². The normalized spacial score (nSPS) is 16.4. The van der Waals surface area contributed by atoms with E-state index in [1.807, 2.05) is 39.0 Å². The number of rotatable bonds is 7. The summed E-state index contributed by atoms with van der Waals surface area (Å²) in [6, 6.07) is 15.8. The molecule has 1 aliphatic heterocycles. The molecule has 3 rings (SSSR count). The molecule has 32 heavy (non-hydrogen) atoms. The molecule has 1 fully saturated rings. The van der Waals surface area contributed by atoms with Crippen LogP contribution in [0.25, 0.3) is 0 Å². The number of ketones is 1. The van der Waals surface area contributed by atoms with Crippen LogP contribution in [-0.2, 0) is 11.2 Å². The van der Waals surface area contributed by atoms with Crippen molar-refractivity contribution in [2.75, 3.05) is 19.6 Å². The number of benzene rings is 2. The van der Waals surface area contributed by atoms with Crippen molar-refractivity contribution in [3.05, 3.63) is 71.5 Å². The molecule has 0 aromatic heterocycles. The summed E-state index contributed by atoms with van der Waals surface area (Å²) in [5, 5.41) is 3.03. The van der Waals surface area contributed by atoms with Crippen molar-refractivity contribution < 1.29 is 18.7 Å². The molecule has 0 bridgehead atoms. The Balaban J connectivity index is 1.58. The fourth-order valence-electron chi connectivity index (χ4n) is 4.07. The highest BCUT2D eigenvalue weighted by molar-refractivity contribution is 5.97. The van der Waals surface area contributed by atoms with Gasteiger partial charge in [-0.1, -0.05) is 30.3 Å². The average Bonchev–Trinajstić information content (AvgIpc) is 2.73. The Hall–Kier alpha value is -2.73. The smallest absolute Gasteiger partial charge is 0.407 e. The Morgan fingerprint density at radius 3 is 2.28 bits per heavy atom. The molecule has 172 valence electrons. The summed E-state index contributed by atoms with van der Waals surface area (Å²) in [6.45, 7) is 7.79. The highest BCUT2D eigenvalue weighted by atomic mass is 19.1. The lowest BCUT2D eigenvalue weighted by Crippen LogP contribution is -2.48. The third-order valence-electron chi connectivity index (χ3n) is 5.61. The number of carbonyl (C=O) groups is 2. The van der Waals surface area contributed by atoms with Crippen LogP contribution in [-0.4, -0.2) is 48.1 Å². The minimum Gasteiger partial charge on any atom is -0.444 e. The molecule has 1 heterocycles. The van der Waals surface area contributed by atoms with E-state index < -0.39 is 11.7 Å². The van der Waals surface area contributed by atoms with E-state index >= 15 is 0 Å². The van der Waals surface area contributed by atoms with Crippen molar-refractivity contribution in [3.8, 4) is 0 Å². The third-order valence-corrected chi connectivity index (χ3v) is 5.61.